The predicted octanol–water partition coefficient (Wildman–Crippen LogP) is 4.50. The van der Waals surface area contributed by atoms with E-state index in [1.807, 2.05) is 0 Å². The van der Waals surface area contributed by atoms with Crippen LogP contribution in [0.1, 0.15) is 22.6 Å². The second kappa shape index (κ2) is 9.66. The number of carbonyl (C=O) groups excluding carboxylic acids is 1. The zero-order chi connectivity index (χ0) is 26.3. The highest BCUT2D eigenvalue weighted by atomic mass is 32.1. The number of thiazole rings is 1. The molecule has 188 valence electrons. The Morgan fingerprint density at radius 2 is 1.76 bits per heavy atom. The molecule has 0 aliphatic carbocycles. The molecule has 5 aromatic rings. The minimum Gasteiger partial charge on any atom is -0.352 e. The second-order valence-electron chi connectivity index (χ2n) is 8.48. The van der Waals surface area contributed by atoms with Crippen molar-refractivity contribution in [2.45, 2.75) is 26.8 Å². The van der Waals surface area contributed by atoms with Gasteiger partial charge in [-0.25, -0.2) is 22.8 Å². The molecule has 0 radical (unpaired) electrons. The second-order valence-corrected chi connectivity index (χ2v) is 9.32. The average molecular weight is 524 g/mol. The summed E-state index contributed by atoms with van der Waals surface area (Å²) in [6.45, 7) is 3.55. The van der Waals surface area contributed by atoms with E-state index in [0.717, 1.165) is 23.8 Å². The van der Waals surface area contributed by atoms with Crippen molar-refractivity contribution in [3.05, 3.63) is 104 Å². The first-order chi connectivity index (χ1) is 17.7. The van der Waals surface area contributed by atoms with E-state index < -0.39 is 17.2 Å². The number of nitrogens with zero attached hydrogens (tertiary/aromatic N) is 4. The number of aromatic nitrogens is 4. The highest BCUT2D eigenvalue weighted by molar-refractivity contribution is 7.15. The molecule has 2 aromatic carbocycles. The summed E-state index contributed by atoms with van der Waals surface area (Å²) in [6, 6.07) is 10.4. The maximum atomic E-state index is 14.4. The Morgan fingerprint density at radius 3 is 2.51 bits per heavy atom. The molecule has 37 heavy (non-hydrogen) atoms. The number of halogens is 3. The fourth-order valence-corrected chi connectivity index (χ4v) is 4.97. The van der Waals surface area contributed by atoms with Gasteiger partial charge in [-0.3, -0.25) is 14.0 Å². The Balaban J connectivity index is 1.47. The molecule has 0 fully saturated rings. The van der Waals surface area contributed by atoms with Crippen LogP contribution in [0.4, 0.5) is 13.2 Å². The number of hydrogen-bond donors (Lipinski definition) is 1. The van der Waals surface area contributed by atoms with Gasteiger partial charge in [-0.05, 0) is 49.7 Å². The largest absolute Gasteiger partial charge is 0.352 e. The van der Waals surface area contributed by atoms with Crippen molar-refractivity contribution in [2.75, 3.05) is 0 Å². The lowest BCUT2D eigenvalue weighted by atomic mass is 10.1. The molecule has 1 N–H and O–H groups in total. The van der Waals surface area contributed by atoms with Gasteiger partial charge < -0.3 is 5.32 Å². The van der Waals surface area contributed by atoms with Gasteiger partial charge in [-0.15, -0.1) is 11.3 Å². The number of amides is 1. The molecule has 0 bridgehead atoms. The van der Waals surface area contributed by atoms with Gasteiger partial charge in [0.05, 0.1) is 17.7 Å². The summed E-state index contributed by atoms with van der Waals surface area (Å²) in [4.78, 5) is 31.1. The summed E-state index contributed by atoms with van der Waals surface area (Å²) in [5, 5.41) is 8.83. The van der Waals surface area contributed by atoms with Crippen molar-refractivity contribution >= 4 is 22.2 Å². The predicted molar refractivity (Wildman–Crippen MR) is 133 cm³/mol. The van der Waals surface area contributed by atoms with Crippen LogP contribution in [0.5, 0.6) is 0 Å². The molecular formula is C26H20F3N5O2S. The minimum absolute atomic E-state index is 0.0761. The van der Waals surface area contributed by atoms with E-state index in [2.05, 4.69) is 15.4 Å². The molecule has 3 heterocycles. The van der Waals surface area contributed by atoms with Crippen LogP contribution in [0.25, 0.3) is 21.9 Å². The van der Waals surface area contributed by atoms with Crippen LogP contribution >= 0.6 is 11.3 Å². The molecule has 0 aliphatic heterocycles. The normalized spacial score (nSPS) is 11.3. The van der Waals surface area contributed by atoms with Crippen molar-refractivity contribution in [3.8, 4) is 16.9 Å². The molecular weight excluding hydrogens is 503 g/mol. The fourth-order valence-electron chi connectivity index (χ4n) is 4.04. The minimum atomic E-state index is -0.659. The van der Waals surface area contributed by atoms with E-state index in [4.69, 9.17) is 0 Å². The Morgan fingerprint density at radius 1 is 1.03 bits per heavy atom. The van der Waals surface area contributed by atoms with Crippen LogP contribution in [0.15, 0.2) is 58.7 Å². The number of rotatable bonds is 6. The highest BCUT2D eigenvalue weighted by Gasteiger charge is 2.21. The zero-order valence-electron chi connectivity index (χ0n) is 19.8. The third-order valence-corrected chi connectivity index (χ3v) is 6.72. The van der Waals surface area contributed by atoms with Crippen LogP contribution in [-0.4, -0.2) is 25.1 Å². The van der Waals surface area contributed by atoms with Crippen LogP contribution in [0, 0.1) is 31.3 Å². The number of benzene rings is 2. The van der Waals surface area contributed by atoms with Gasteiger partial charge in [0, 0.05) is 29.4 Å². The molecule has 0 spiro atoms. The van der Waals surface area contributed by atoms with Gasteiger partial charge in [0.25, 0.3) is 5.56 Å². The first kappa shape index (κ1) is 24.4. The van der Waals surface area contributed by atoms with Crippen molar-refractivity contribution in [1.29, 1.82) is 0 Å². The highest BCUT2D eigenvalue weighted by Crippen LogP contribution is 2.24. The van der Waals surface area contributed by atoms with Gasteiger partial charge in [-0.1, -0.05) is 12.1 Å². The molecule has 0 aliphatic rings. The SMILES string of the molecule is Cc1nc2scc(CC(=O)NCc3ccc(F)cc3)n2c(=O)c1-c1cc(C)n(-c2cc(F)ccc2F)n1. The smallest absolute Gasteiger partial charge is 0.268 e. The van der Waals surface area contributed by atoms with Crippen LogP contribution in [0.2, 0.25) is 0 Å². The van der Waals surface area contributed by atoms with E-state index in [0.29, 0.717) is 22.0 Å². The lowest BCUT2D eigenvalue weighted by molar-refractivity contribution is -0.120. The van der Waals surface area contributed by atoms with E-state index >= 15 is 0 Å². The quantitative estimate of drug-likeness (QED) is 0.355. The van der Waals surface area contributed by atoms with Crippen LogP contribution in [0.3, 0.4) is 0 Å². The molecule has 0 saturated heterocycles. The van der Waals surface area contributed by atoms with Gasteiger partial charge >= 0.3 is 0 Å². The van der Waals surface area contributed by atoms with Crippen LogP contribution < -0.4 is 10.9 Å². The van der Waals surface area contributed by atoms with E-state index in [-0.39, 0.29) is 41.6 Å². The number of fused-ring (bicyclic) bond motifs is 1. The maximum absolute atomic E-state index is 14.4. The van der Waals surface area contributed by atoms with Crippen molar-refractivity contribution < 1.29 is 18.0 Å². The Hall–Kier alpha value is -4.25. The number of hydrogen-bond acceptors (Lipinski definition) is 5. The van der Waals surface area contributed by atoms with Gasteiger partial charge in [-0.2, -0.15) is 5.10 Å². The fraction of sp³-hybridized carbons (Fsp3) is 0.154. The van der Waals surface area contributed by atoms with Crippen molar-refractivity contribution in [1.82, 2.24) is 24.5 Å². The first-order valence-electron chi connectivity index (χ1n) is 11.2. The maximum Gasteiger partial charge on any atom is 0.268 e. The Bertz CT molecular complexity index is 1710. The van der Waals surface area contributed by atoms with Gasteiger partial charge in [0.15, 0.2) is 4.96 Å². The summed E-state index contributed by atoms with van der Waals surface area (Å²) in [6.07, 6.45) is -0.0761. The summed E-state index contributed by atoms with van der Waals surface area (Å²) < 4.78 is 43.8. The van der Waals surface area contributed by atoms with E-state index in [9.17, 15) is 22.8 Å². The Labute approximate surface area is 212 Å². The molecule has 1 amide bonds. The van der Waals surface area contributed by atoms with Crippen molar-refractivity contribution in [3.63, 3.8) is 0 Å². The van der Waals surface area contributed by atoms with E-state index in [1.165, 1.54) is 32.6 Å². The van der Waals surface area contributed by atoms with Gasteiger partial charge in [0.1, 0.15) is 28.8 Å². The lowest BCUT2D eigenvalue weighted by Crippen LogP contribution is -2.27. The summed E-state index contributed by atoms with van der Waals surface area (Å²) >= 11 is 1.23. The summed E-state index contributed by atoms with van der Waals surface area (Å²) in [5.74, 6) is -1.96. The average Bonchev–Trinajstić information content (AvgIpc) is 3.43. The zero-order valence-corrected chi connectivity index (χ0v) is 20.6. The van der Waals surface area contributed by atoms with Crippen molar-refractivity contribution in [2.24, 2.45) is 0 Å². The molecule has 5 rings (SSSR count). The number of carbonyl (C=O) groups is 1. The number of nitrogens with one attached hydrogen (secondary N) is 1. The molecule has 7 nitrogen and oxygen atoms in total. The van der Waals surface area contributed by atoms with Gasteiger partial charge in [0.2, 0.25) is 5.91 Å². The lowest BCUT2D eigenvalue weighted by Gasteiger charge is -2.08. The topological polar surface area (TPSA) is 81.3 Å². The summed E-state index contributed by atoms with van der Waals surface area (Å²) in [7, 11) is 0. The third-order valence-electron chi connectivity index (χ3n) is 5.85. The van der Waals surface area contributed by atoms with E-state index in [1.54, 1.807) is 37.4 Å². The van der Waals surface area contributed by atoms with Crippen LogP contribution in [-0.2, 0) is 17.8 Å². The monoisotopic (exact) mass is 523 g/mol. The summed E-state index contributed by atoms with van der Waals surface area (Å²) in [5.41, 5.74) is 2.05. The molecule has 0 atom stereocenters. The Kier molecular flexibility index (Phi) is 6.38. The third kappa shape index (κ3) is 4.77. The molecule has 3 aromatic heterocycles. The molecule has 0 unspecified atom stereocenters. The standard InChI is InChI=1S/C26H20F3N5O2S/c1-14-9-21(32-34(14)22-10-18(28)7-8-20(22)29)24-15(2)31-26-33(25(24)36)19(13-37-26)11-23(35)30-12-16-3-5-17(27)6-4-16/h3-10,13H,11-12H2,1-2H3,(H,30,35). The first-order valence-corrected chi connectivity index (χ1v) is 12.1. The molecule has 11 heteroatoms. The molecule has 0 saturated carbocycles. The number of aryl methyl sites for hydroxylation is 2.